The molecule has 118 valence electrons. The number of halogens is 3. The normalized spacial score (nSPS) is 11.1. The lowest BCUT2D eigenvalue weighted by molar-refractivity contribution is -0.274. The summed E-state index contributed by atoms with van der Waals surface area (Å²) in [6.07, 6.45) is -4.79. The maximum absolute atomic E-state index is 12.3. The van der Waals surface area contributed by atoms with Crippen molar-refractivity contribution in [2.24, 2.45) is 0 Å². The highest BCUT2D eigenvalue weighted by Crippen LogP contribution is 2.26. The van der Waals surface area contributed by atoms with E-state index in [0.29, 0.717) is 10.1 Å². The molecule has 0 spiro atoms. The molecular weight excluding hydrogens is 321 g/mol. The third-order valence-corrected chi connectivity index (χ3v) is 3.14. The fourth-order valence-corrected chi connectivity index (χ4v) is 2.12. The fourth-order valence-electron chi connectivity index (χ4n) is 1.54. The summed E-state index contributed by atoms with van der Waals surface area (Å²) in [7, 11) is 0. The maximum Gasteiger partial charge on any atom is 0.573 e. The Labute approximate surface area is 127 Å². The van der Waals surface area contributed by atoms with E-state index in [1.807, 2.05) is 0 Å². The number of nitrogens with zero attached hydrogens (tertiary/aromatic N) is 2. The van der Waals surface area contributed by atoms with Crippen LogP contribution >= 0.6 is 11.3 Å². The minimum atomic E-state index is -4.79. The molecule has 1 aromatic carbocycles. The molecule has 22 heavy (non-hydrogen) atoms. The van der Waals surface area contributed by atoms with Crippen LogP contribution < -0.4 is 15.4 Å². The zero-order chi connectivity index (χ0) is 16.2. The lowest BCUT2D eigenvalue weighted by Crippen LogP contribution is -2.28. The monoisotopic (exact) mass is 332 g/mol. The number of amides is 2. The van der Waals surface area contributed by atoms with Crippen molar-refractivity contribution in [3.63, 3.8) is 0 Å². The van der Waals surface area contributed by atoms with Gasteiger partial charge in [0.05, 0.1) is 0 Å². The van der Waals surface area contributed by atoms with Crippen molar-refractivity contribution < 1.29 is 22.7 Å². The summed E-state index contributed by atoms with van der Waals surface area (Å²) in [5, 5.41) is 13.3. The highest BCUT2D eigenvalue weighted by Gasteiger charge is 2.31. The third-order valence-electron chi connectivity index (χ3n) is 2.38. The molecule has 2 rings (SSSR count). The van der Waals surface area contributed by atoms with E-state index in [2.05, 4.69) is 25.6 Å². The van der Waals surface area contributed by atoms with Gasteiger partial charge in [-0.3, -0.25) is 5.32 Å². The first-order valence-electron chi connectivity index (χ1n) is 6.02. The zero-order valence-electron chi connectivity index (χ0n) is 11.3. The molecule has 2 amide bonds. The van der Waals surface area contributed by atoms with E-state index in [9.17, 15) is 18.0 Å². The van der Waals surface area contributed by atoms with Crippen molar-refractivity contribution in [2.45, 2.75) is 19.8 Å². The number of benzene rings is 1. The number of carbonyl (C=O) groups is 1. The minimum Gasteiger partial charge on any atom is -0.405 e. The third kappa shape index (κ3) is 4.88. The number of ether oxygens (including phenoxy) is 1. The first-order valence-corrected chi connectivity index (χ1v) is 6.84. The smallest absolute Gasteiger partial charge is 0.405 e. The van der Waals surface area contributed by atoms with E-state index in [-0.39, 0.29) is 17.9 Å². The average Bonchev–Trinajstić information content (AvgIpc) is 2.81. The number of carbonyl (C=O) groups excluding carboxylic acids is 1. The first kappa shape index (κ1) is 16.0. The van der Waals surface area contributed by atoms with Crippen molar-refractivity contribution in [3.8, 4) is 5.75 Å². The number of para-hydroxylation sites is 1. The summed E-state index contributed by atoms with van der Waals surface area (Å²) in [5.41, 5.74) is 0.198. The molecule has 0 fully saturated rings. The van der Waals surface area contributed by atoms with Crippen molar-refractivity contribution in [3.05, 3.63) is 34.8 Å². The largest absolute Gasteiger partial charge is 0.573 e. The highest BCUT2D eigenvalue weighted by molar-refractivity contribution is 7.15. The maximum atomic E-state index is 12.3. The van der Waals surface area contributed by atoms with Gasteiger partial charge in [-0.1, -0.05) is 29.5 Å². The molecular formula is C12H11F3N4O2S. The predicted molar refractivity (Wildman–Crippen MR) is 73.6 cm³/mol. The first-order chi connectivity index (χ1) is 10.3. The number of aryl methyl sites for hydroxylation is 1. The van der Waals surface area contributed by atoms with E-state index in [1.54, 1.807) is 13.0 Å². The molecule has 1 aromatic heterocycles. The van der Waals surface area contributed by atoms with E-state index in [0.717, 1.165) is 0 Å². The molecule has 10 heteroatoms. The number of anilines is 1. The van der Waals surface area contributed by atoms with Gasteiger partial charge in [-0.25, -0.2) is 4.79 Å². The average molecular weight is 332 g/mol. The van der Waals surface area contributed by atoms with Crippen LogP contribution in [-0.4, -0.2) is 22.6 Å². The van der Waals surface area contributed by atoms with Crippen molar-refractivity contribution in [1.29, 1.82) is 0 Å². The number of rotatable bonds is 4. The van der Waals surface area contributed by atoms with Crippen LogP contribution in [0.15, 0.2) is 24.3 Å². The molecule has 0 aliphatic carbocycles. The summed E-state index contributed by atoms with van der Waals surface area (Å²) in [5.74, 6) is -0.359. The van der Waals surface area contributed by atoms with Gasteiger partial charge in [0, 0.05) is 12.1 Å². The lowest BCUT2D eigenvalue weighted by Gasteiger charge is -2.13. The Morgan fingerprint density at radius 1 is 1.32 bits per heavy atom. The van der Waals surface area contributed by atoms with Crippen LogP contribution in [0.1, 0.15) is 10.6 Å². The molecule has 0 saturated heterocycles. The summed E-state index contributed by atoms with van der Waals surface area (Å²) in [6, 6.07) is 4.96. The van der Waals surface area contributed by atoms with Crippen LogP contribution in [-0.2, 0) is 6.54 Å². The summed E-state index contributed by atoms with van der Waals surface area (Å²) in [6.45, 7) is 1.60. The molecule has 1 heterocycles. The van der Waals surface area contributed by atoms with Crippen molar-refractivity contribution in [2.75, 3.05) is 5.32 Å². The summed E-state index contributed by atoms with van der Waals surface area (Å²) < 4.78 is 40.7. The molecule has 0 bridgehead atoms. The highest BCUT2D eigenvalue weighted by atomic mass is 32.1. The fraction of sp³-hybridized carbons (Fsp3) is 0.250. The molecule has 0 atom stereocenters. The van der Waals surface area contributed by atoms with Crippen LogP contribution in [0.25, 0.3) is 0 Å². The number of hydrogen-bond acceptors (Lipinski definition) is 5. The van der Waals surface area contributed by atoms with Crippen molar-refractivity contribution >= 4 is 22.5 Å². The predicted octanol–water partition coefficient (Wildman–Crippen LogP) is 3.07. The van der Waals surface area contributed by atoms with E-state index < -0.39 is 12.4 Å². The van der Waals surface area contributed by atoms with Gasteiger partial charge < -0.3 is 10.1 Å². The van der Waals surface area contributed by atoms with E-state index >= 15 is 0 Å². The number of aromatic nitrogens is 2. The van der Waals surface area contributed by atoms with Crippen LogP contribution in [0.3, 0.4) is 0 Å². The summed E-state index contributed by atoms with van der Waals surface area (Å²) in [4.78, 5) is 11.6. The Hall–Kier alpha value is -2.36. The Kier molecular flexibility index (Phi) is 4.81. The van der Waals surface area contributed by atoms with Gasteiger partial charge in [0.1, 0.15) is 10.8 Å². The van der Waals surface area contributed by atoms with Gasteiger partial charge in [-0.2, -0.15) is 0 Å². The van der Waals surface area contributed by atoms with Crippen LogP contribution in [0.4, 0.5) is 23.1 Å². The van der Waals surface area contributed by atoms with E-state index in [1.165, 1.54) is 29.5 Å². The molecule has 0 radical (unpaired) electrons. The molecule has 6 nitrogen and oxygen atoms in total. The number of hydrogen-bond donors (Lipinski definition) is 2. The molecule has 0 aliphatic rings. The standard InChI is InChI=1S/C12H11F3N4O2S/c1-7-18-19-11(22-7)17-10(20)16-6-8-4-2-3-5-9(8)21-12(13,14)15/h2-5H,6H2,1H3,(H2,16,17,19,20). The van der Waals surface area contributed by atoms with E-state index in [4.69, 9.17) is 0 Å². The zero-order valence-corrected chi connectivity index (χ0v) is 12.1. The van der Waals surface area contributed by atoms with Gasteiger partial charge in [0.2, 0.25) is 5.13 Å². The second-order valence-electron chi connectivity index (χ2n) is 4.09. The summed E-state index contributed by atoms with van der Waals surface area (Å²) >= 11 is 1.18. The SMILES string of the molecule is Cc1nnc(NC(=O)NCc2ccccc2OC(F)(F)F)s1. The minimum absolute atomic E-state index is 0.129. The Bertz CT molecular complexity index is 660. The number of urea groups is 1. The van der Waals surface area contributed by atoms with Gasteiger partial charge in [0.25, 0.3) is 0 Å². The quantitative estimate of drug-likeness (QED) is 0.902. The molecule has 0 unspecified atom stereocenters. The Balaban J connectivity index is 1.95. The Morgan fingerprint density at radius 3 is 2.68 bits per heavy atom. The van der Waals surface area contributed by atoms with Crippen LogP contribution in [0.5, 0.6) is 5.75 Å². The second-order valence-corrected chi connectivity index (χ2v) is 5.27. The second kappa shape index (κ2) is 6.60. The van der Waals surface area contributed by atoms with Gasteiger partial charge in [0.15, 0.2) is 0 Å². The Morgan fingerprint density at radius 2 is 2.05 bits per heavy atom. The van der Waals surface area contributed by atoms with Crippen LogP contribution in [0.2, 0.25) is 0 Å². The molecule has 0 aliphatic heterocycles. The molecule has 2 aromatic rings. The van der Waals surface area contributed by atoms with Crippen molar-refractivity contribution in [1.82, 2.24) is 15.5 Å². The lowest BCUT2D eigenvalue weighted by atomic mass is 10.2. The topological polar surface area (TPSA) is 76.1 Å². The van der Waals surface area contributed by atoms with Gasteiger partial charge in [-0.15, -0.1) is 23.4 Å². The van der Waals surface area contributed by atoms with Gasteiger partial charge >= 0.3 is 12.4 Å². The van der Waals surface area contributed by atoms with Crippen LogP contribution in [0, 0.1) is 6.92 Å². The number of nitrogens with one attached hydrogen (secondary N) is 2. The molecule has 2 N–H and O–H groups in total. The molecule has 0 saturated carbocycles. The number of alkyl halides is 3. The van der Waals surface area contributed by atoms with Gasteiger partial charge in [-0.05, 0) is 13.0 Å².